The van der Waals surface area contributed by atoms with Gasteiger partial charge in [-0.1, -0.05) is 6.07 Å². The molecule has 0 aliphatic rings. The van der Waals surface area contributed by atoms with Gasteiger partial charge >= 0.3 is 5.97 Å². The van der Waals surface area contributed by atoms with Crippen LogP contribution in [0.1, 0.15) is 17.0 Å². The number of phenols is 1. The summed E-state index contributed by atoms with van der Waals surface area (Å²) in [4.78, 5) is 11.0. The first-order valence-corrected chi connectivity index (χ1v) is 4.82. The highest BCUT2D eigenvalue weighted by molar-refractivity contribution is 5.79. The van der Waals surface area contributed by atoms with E-state index < -0.39 is 11.9 Å². The van der Waals surface area contributed by atoms with Gasteiger partial charge in [0.05, 0.1) is 12.7 Å². The molecular weight excluding hydrogens is 210 g/mol. The minimum absolute atomic E-state index is 0.0720. The van der Waals surface area contributed by atoms with Crippen LogP contribution in [0, 0.1) is 6.92 Å². The Morgan fingerprint density at radius 3 is 2.62 bits per heavy atom. The van der Waals surface area contributed by atoms with E-state index in [0.29, 0.717) is 11.3 Å². The minimum Gasteiger partial charge on any atom is -0.507 e. The van der Waals surface area contributed by atoms with Gasteiger partial charge in [0, 0.05) is 6.54 Å². The van der Waals surface area contributed by atoms with Gasteiger partial charge in [0.25, 0.3) is 0 Å². The topological polar surface area (TPSA) is 92.8 Å². The minimum atomic E-state index is -1.08. The number of hydrogen-bond donors (Lipinski definition) is 3. The summed E-state index contributed by atoms with van der Waals surface area (Å²) in [7, 11) is 1.42. The Morgan fingerprint density at radius 2 is 2.19 bits per heavy atom. The van der Waals surface area contributed by atoms with Gasteiger partial charge < -0.3 is 20.7 Å². The van der Waals surface area contributed by atoms with Crippen LogP contribution in [0.4, 0.5) is 0 Å². The molecule has 0 amide bonds. The number of rotatable bonds is 4. The van der Waals surface area contributed by atoms with Gasteiger partial charge in [0.1, 0.15) is 17.4 Å². The molecule has 1 aromatic rings. The molecule has 0 aliphatic heterocycles. The Kier molecular flexibility index (Phi) is 3.73. The number of carboxylic acids is 1. The zero-order valence-corrected chi connectivity index (χ0v) is 9.23. The number of ether oxygens (including phenoxy) is 1. The van der Waals surface area contributed by atoms with Crippen LogP contribution in [-0.2, 0) is 4.79 Å². The molecule has 0 radical (unpaired) electrons. The first kappa shape index (κ1) is 12.3. The van der Waals surface area contributed by atoms with Crippen molar-refractivity contribution in [1.82, 2.24) is 0 Å². The van der Waals surface area contributed by atoms with Crippen molar-refractivity contribution in [2.24, 2.45) is 5.73 Å². The molecular formula is C11H15NO4. The molecule has 1 unspecified atom stereocenters. The van der Waals surface area contributed by atoms with E-state index in [1.807, 2.05) is 0 Å². The van der Waals surface area contributed by atoms with Crippen molar-refractivity contribution in [1.29, 1.82) is 0 Å². The van der Waals surface area contributed by atoms with Crippen molar-refractivity contribution >= 4 is 5.97 Å². The number of carboxylic acid groups (broad SMARTS) is 1. The van der Waals surface area contributed by atoms with Crippen molar-refractivity contribution in [3.8, 4) is 11.5 Å². The van der Waals surface area contributed by atoms with Crippen molar-refractivity contribution in [2.75, 3.05) is 13.7 Å². The van der Waals surface area contributed by atoms with Crippen LogP contribution in [0.15, 0.2) is 12.1 Å². The Morgan fingerprint density at radius 1 is 1.56 bits per heavy atom. The molecule has 0 spiro atoms. The van der Waals surface area contributed by atoms with Crippen LogP contribution < -0.4 is 10.5 Å². The van der Waals surface area contributed by atoms with Crippen LogP contribution in [-0.4, -0.2) is 29.8 Å². The number of phenolic OH excluding ortho intramolecular Hbond substituents is 1. The van der Waals surface area contributed by atoms with E-state index >= 15 is 0 Å². The number of hydrogen-bond acceptors (Lipinski definition) is 4. The van der Waals surface area contributed by atoms with Gasteiger partial charge in [0.2, 0.25) is 0 Å². The molecule has 1 rings (SSSR count). The summed E-state index contributed by atoms with van der Waals surface area (Å²) in [6, 6.07) is 3.28. The third-order valence-electron chi connectivity index (χ3n) is 2.48. The summed E-state index contributed by atoms with van der Waals surface area (Å²) in [5.74, 6) is -1.78. The lowest BCUT2D eigenvalue weighted by Gasteiger charge is -2.17. The van der Waals surface area contributed by atoms with Crippen LogP contribution in [0.5, 0.6) is 11.5 Å². The second-order valence-corrected chi connectivity index (χ2v) is 3.47. The van der Waals surface area contributed by atoms with Gasteiger partial charge in [-0.2, -0.15) is 0 Å². The third-order valence-corrected chi connectivity index (χ3v) is 2.48. The summed E-state index contributed by atoms with van der Waals surface area (Å²) >= 11 is 0. The normalized spacial score (nSPS) is 12.2. The Balaban J connectivity index is 3.38. The number of nitrogens with two attached hydrogens (primary N) is 1. The first-order chi connectivity index (χ1) is 7.52. The smallest absolute Gasteiger partial charge is 0.312 e. The Hall–Kier alpha value is -1.75. The molecule has 0 aromatic heterocycles. The number of benzene rings is 1. The van der Waals surface area contributed by atoms with Crippen LogP contribution in [0.2, 0.25) is 0 Å². The van der Waals surface area contributed by atoms with Crippen molar-refractivity contribution in [3.63, 3.8) is 0 Å². The molecule has 0 saturated heterocycles. The fourth-order valence-corrected chi connectivity index (χ4v) is 1.56. The summed E-state index contributed by atoms with van der Waals surface area (Å²) < 4.78 is 5.04. The van der Waals surface area contributed by atoms with E-state index in [0.717, 1.165) is 0 Å². The zero-order chi connectivity index (χ0) is 12.3. The Bertz CT molecular complexity index is 403. The third kappa shape index (κ3) is 2.09. The van der Waals surface area contributed by atoms with Crippen molar-refractivity contribution in [2.45, 2.75) is 12.8 Å². The Labute approximate surface area is 93.5 Å². The van der Waals surface area contributed by atoms with Gasteiger partial charge in [-0.25, -0.2) is 0 Å². The highest BCUT2D eigenvalue weighted by atomic mass is 16.5. The van der Waals surface area contributed by atoms with E-state index in [1.54, 1.807) is 19.1 Å². The first-order valence-electron chi connectivity index (χ1n) is 4.82. The molecule has 1 aromatic carbocycles. The van der Waals surface area contributed by atoms with Crippen LogP contribution >= 0.6 is 0 Å². The molecule has 88 valence electrons. The summed E-state index contributed by atoms with van der Waals surface area (Å²) in [5, 5.41) is 18.9. The molecule has 5 nitrogen and oxygen atoms in total. The largest absolute Gasteiger partial charge is 0.507 e. The quantitative estimate of drug-likeness (QED) is 0.706. The van der Waals surface area contributed by atoms with Gasteiger partial charge in [-0.05, 0) is 18.6 Å². The van der Waals surface area contributed by atoms with Crippen molar-refractivity contribution < 1.29 is 19.7 Å². The lowest BCUT2D eigenvalue weighted by Crippen LogP contribution is -2.22. The standard InChI is InChI=1S/C11H15NO4/c1-6-3-4-8(16-2)9(10(6)13)7(5-12)11(14)15/h3-4,7,13H,5,12H2,1-2H3,(H,14,15). The lowest BCUT2D eigenvalue weighted by molar-refractivity contribution is -0.138. The molecule has 0 saturated carbocycles. The molecule has 0 heterocycles. The van der Waals surface area contributed by atoms with Gasteiger partial charge in [0.15, 0.2) is 0 Å². The van der Waals surface area contributed by atoms with Crippen molar-refractivity contribution in [3.05, 3.63) is 23.3 Å². The van der Waals surface area contributed by atoms with E-state index in [4.69, 9.17) is 15.6 Å². The number of aliphatic carboxylic acids is 1. The second kappa shape index (κ2) is 4.85. The second-order valence-electron chi connectivity index (χ2n) is 3.47. The summed E-state index contributed by atoms with van der Waals surface area (Å²) in [6.07, 6.45) is 0. The molecule has 0 bridgehead atoms. The zero-order valence-electron chi connectivity index (χ0n) is 9.23. The summed E-state index contributed by atoms with van der Waals surface area (Å²) in [5.41, 5.74) is 6.23. The predicted octanol–water partition coefficient (Wildman–Crippen LogP) is 0.836. The molecule has 0 fully saturated rings. The van der Waals surface area contributed by atoms with E-state index in [-0.39, 0.29) is 17.9 Å². The fourth-order valence-electron chi connectivity index (χ4n) is 1.56. The lowest BCUT2D eigenvalue weighted by atomic mass is 9.95. The molecule has 1 atom stereocenters. The van der Waals surface area contributed by atoms with E-state index in [2.05, 4.69) is 0 Å². The van der Waals surface area contributed by atoms with Gasteiger partial charge in [-0.15, -0.1) is 0 Å². The highest BCUT2D eigenvalue weighted by Gasteiger charge is 2.26. The average molecular weight is 225 g/mol. The van der Waals surface area contributed by atoms with Gasteiger partial charge in [-0.3, -0.25) is 4.79 Å². The van der Waals surface area contributed by atoms with Crippen LogP contribution in [0.25, 0.3) is 0 Å². The SMILES string of the molecule is COc1ccc(C)c(O)c1C(CN)C(=O)O. The maximum absolute atomic E-state index is 11.0. The van der Waals surface area contributed by atoms with E-state index in [9.17, 15) is 9.90 Å². The number of aromatic hydroxyl groups is 1. The molecule has 0 aliphatic carbocycles. The number of aryl methyl sites for hydroxylation is 1. The van der Waals surface area contributed by atoms with Crippen LogP contribution in [0.3, 0.4) is 0 Å². The molecule has 16 heavy (non-hydrogen) atoms. The fraction of sp³-hybridized carbons (Fsp3) is 0.364. The van der Waals surface area contributed by atoms with E-state index in [1.165, 1.54) is 7.11 Å². The molecule has 4 N–H and O–H groups in total. The predicted molar refractivity (Wildman–Crippen MR) is 58.8 cm³/mol. The number of methoxy groups -OCH3 is 1. The summed E-state index contributed by atoms with van der Waals surface area (Å²) in [6.45, 7) is 1.59. The average Bonchev–Trinajstić information content (AvgIpc) is 2.25. The number of carbonyl (C=O) groups is 1. The maximum atomic E-state index is 11.0. The highest BCUT2D eigenvalue weighted by Crippen LogP contribution is 2.36. The monoisotopic (exact) mass is 225 g/mol. The molecule has 5 heteroatoms. The maximum Gasteiger partial charge on any atom is 0.312 e.